The molecule has 0 bridgehead atoms. The van der Waals surface area contributed by atoms with Crippen LogP contribution in [0.4, 0.5) is 10.6 Å². The summed E-state index contributed by atoms with van der Waals surface area (Å²) in [5.74, 6) is 2.28. The van der Waals surface area contributed by atoms with Crippen molar-refractivity contribution in [2.45, 2.75) is 26.7 Å². The Morgan fingerprint density at radius 3 is 2.41 bits per heavy atom. The summed E-state index contributed by atoms with van der Waals surface area (Å²) in [6.07, 6.45) is 1.84. The molecule has 3 N–H and O–H groups in total. The predicted molar refractivity (Wildman–Crippen MR) is 119 cm³/mol. The third-order valence-electron chi connectivity index (χ3n) is 5.92. The molecule has 2 heterocycles. The van der Waals surface area contributed by atoms with E-state index in [1.54, 1.807) is 14.2 Å². The molecule has 1 aliphatic rings. The lowest BCUT2D eigenvalue weighted by atomic mass is 9.74. The summed E-state index contributed by atoms with van der Waals surface area (Å²) < 4.78 is 40.7. The molecule has 0 unspecified atom stereocenters. The van der Waals surface area contributed by atoms with Crippen LogP contribution in [0.1, 0.15) is 26.7 Å². The molecule has 1 aromatic heterocycles. The van der Waals surface area contributed by atoms with Crippen molar-refractivity contribution >= 4 is 33.1 Å². The van der Waals surface area contributed by atoms with Gasteiger partial charge in [-0.1, -0.05) is 13.8 Å². The number of nitrogens with two attached hydrogens (primary N) is 1. The van der Waals surface area contributed by atoms with Crippen LogP contribution in [0, 0.1) is 11.3 Å². The Bertz CT molecular complexity index is 1080. The maximum absolute atomic E-state index is 11.8. The van der Waals surface area contributed by atoms with Gasteiger partial charge in [-0.2, -0.15) is 13.1 Å². The molecule has 11 nitrogen and oxygen atoms in total. The first-order chi connectivity index (χ1) is 15.1. The Morgan fingerprint density at radius 1 is 1.19 bits per heavy atom. The molecule has 0 spiro atoms. The second-order valence-corrected chi connectivity index (χ2v) is 9.71. The fraction of sp³-hybridized carbons (Fsp3) is 0.550. The number of carbonyl (C=O) groups excluding carboxylic acids is 1. The van der Waals surface area contributed by atoms with Gasteiger partial charge >= 0.3 is 16.4 Å². The fourth-order valence-corrected chi connectivity index (χ4v) is 4.87. The first kappa shape index (κ1) is 23.8. The number of rotatable bonds is 8. The molecule has 1 fully saturated rings. The molecular formula is C20H29N5O6S. The van der Waals surface area contributed by atoms with Crippen molar-refractivity contribution in [2.24, 2.45) is 17.1 Å². The van der Waals surface area contributed by atoms with Crippen LogP contribution in [-0.2, 0) is 14.5 Å². The van der Waals surface area contributed by atoms with Gasteiger partial charge in [-0.3, -0.25) is 0 Å². The van der Waals surface area contributed by atoms with Crippen LogP contribution < -0.4 is 24.8 Å². The normalized spacial score (nSPS) is 15.6. The van der Waals surface area contributed by atoms with Crippen LogP contribution in [-0.4, -0.2) is 58.3 Å². The third kappa shape index (κ3) is 5.30. The second kappa shape index (κ2) is 9.33. The standard InChI is InChI=1S/C20H29N5O6S/c1-20(2,11-24-32(27,28)31-19(21)26)13-5-7-25(8-6-13)18-14-9-16(29-3)17(30-4)10-15(14)22-12-23-18/h9-10,12-13,24H,5-8,11H2,1-4H3,(H2,21,26). The van der Waals surface area contributed by atoms with Gasteiger partial charge in [0, 0.05) is 31.1 Å². The summed E-state index contributed by atoms with van der Waals surface area (Å²) in [5.41, 5.74) is 5.20. The van der Waals surface area contributed by atoms with Crippen LogP contribution in [0.25, 0.3) is 10.9 Å². The quantitative estimate of drug-likeness (QED) is 0.593. The van der Waals surface area contributed by atoms with E-state index in [4.69, 9.17) is 15.2 Å². The Morgan fingerprint density at radius 2 is 1.81 bits per heavy atom. The number of methoxy groups -OCH3 is 2. The molecule has 1 aliphatic heterocycles. The number of hydrogen-bond donors (Lipinski definition) is 2. The monoisotopic (exact) mass is 467 g/mol. The van der Waals surface area contributed by atoms with Gasteiger partial charge in [0.2, 0.25) is 0 Å². The third-order valence-corrected chi connectivity index (χ3v) is 6.80. The molecule has 3 rings (SSSR count). The van der Waals surface area contributed by atoms with E-state index >= 15 is 0 Å². The highest BCUT2D eigenvalue weighted by atomic mass is 32.2. The molecule has 176 valence electrons. The van der Waals surface area contributed by atoms with Gasteiger partial charge in [-0.05, 0) is 30.2 Å². The lowest BCUT2D eigenvalue weighted by molar-refractivity contribution is 0.175. The first-order valence-corrected chi connectivity index (χ1v) is 11.6. The molecule has 1 saturated heterocycles. The maximum atomic E-state index is 11.8. The van der Waals surface area contributed by atoms with Crippen LogP contribution in [0.5, 0.6) is 11.5 Å². The smallest absolute Gasteiger partial charge is 0.421 e. The van der Waals surface area contributed by atoms with Crippen molar-refractivity contribution in [3.8, 4) is 11.5 Å². The number of hydrogen-bond acceptors (Lipinski definition) is 9. The van der Waals surface area contributed by atoms with Gasteiger partial charge in [0.25, 0.3) is 0 Å². The lowest BCUT2D eigenvalue weighted by Gasteiger charge is -2.41. The van der Waals surface area contributed by atoms with E-state index in [0.29, 0.717) is 11.5 Å². The highest BCUT2D eigenvalue weighted by Gasteiger charge is 2.34. The molecule has 12 heteroatoms. The van der Waals surface area contributed by atoms with Crippen molar-refractivity contribution in [3.63, 3.8) is 0 Å². The first-order valence-electron chi connectivity index (χ1n) is 10.2. The molecule has 1 amide bonds. The zero-order valence-electron chi connectivity index (χ0n) is 18.6. The van der Waals surface area contributed by atoms with E-state index in [1.807, 2.05) is 26.0 Å². The summed E-state index contributed by atoms with van der Waals surface area (Å²) in [7, 11) is -1.05. The minimum Gasteiger partial charge on any atom is -0.493 e. The van der Waals surface area contributed by atoms with Crippen molar-refractivity contribution in [2.75, 3.05) is 38.8 Å². The van der Waals surface area contributed by atoms with Crippen molar-refractivity contribution in [3.05, 3.63) is 18.5 Å². The van der Waals surface area contributed by atoms with E-state index < -0.39 is 16.4 Å². The largest absolute Gasteiger partial charge is 0.493 e. The minimum absolute atomic E-state index is 0.126. The summed E-state index contributed by atoms with van der Waals surface area (Å²) in [5, 5.41) is 0.874. The van der Waals surface area contributed by atoms with Crippen molar-refractivity contribution < 1.29 is 26.9 Å². The fourth-order valence-electron chi connectivity index (χ4n) is 4.05. The number of nitrogens with zero attached hydrogens (tertiary/aromatic N) is 3. The van der Waals surface area contributed by atoms with E-state index in [0.717, 1.165) is 42.7 Å². The van der Waals surface area contributed by atoms with Gasteiger partial charge in [0.05, 0.1) is 19.7 Å². The number of piperidine rings is 1. The van der Waals surface area contributed by atoms with Crippen LogP contribution in [0.2, 0.25) is 0 Å². The molecule has 2 aromatic rings. The second-order valence-electron chi connectivity index (χ2n) is 8.35. The number of nitrogens with one attached hydrogen (secondary N) is 1. The van der Waals surface area contributed by atoms with Gasteiger partial charge in [0.1, 0.15) is 12.1 Å². The lowest BCUT2D eigenvalue weighted by Crippen LogP contribution is -2.45. The predicted octanol–water partition coefficient (Wildman–Crippen LogP) is 1.82. The number of anilines is 1. The van der Waals surface area contributed by atoms with E-state index in [-0.39, 0.29) is 17.9 Å². The Labute approximate surface area is 187 Å². The zero-order chi connectivity index (χ0) is 23.5. The van der Waals surface area contributed by atoms with Crippen molar-refractivity contribution in [1.82, 2.24) is 14.7 Å². The molecule has 0 atom stereocenters. The Balaban J connectivity index is 1.71. The Kier molecular flexibility index (Phi) is 6.94. The maximum Gasteiger partial charge on any atom is 0.421 e. The minimum atomic E-state index is -4.22. The Hall–Kier alpha value is -2.86. The molecule has 0 aliphatic carbocycles. The number of primary amides is 1. The van der Waals surface area contributed by atoms with E-state index in [1.165, 1.54) is 6.33 Å². The number of carbonyl (C=O) groups is 1. The number of aromatic nitrogens is 2. The van der Waals surface area contributed by atoms with Crippen LogP contribution in [0.3, 0.4) is 0 Å². The van der Waals surface area contributed by atoms with Gasteiger partial charge in [-0.15, -0.1) is 0 Å². The van der Waals surface area contributed by atoms with E-state index in [2.05, 4.69) is 23.8 Å². The van der Waals surface area contributed by atoms with Crippen LogP contribution in [0.15, 0.2) is 18.5 Å². The van der Waals surface area contributed by atoms with Gasteiger partial charge in [-0.25, -0.2) is 14.8 Å². The molecule has 1 aromatic carbocycles. The highest BCUT2D eigenvalue weighted by Crippen LogP contribution is 2.38. The average Bonchev–Trinajstić information content (AvgIpc) is 2.75. The number of benzene rings is 1. The topological polar surface area (TPSA) is 146 Å². The summed E-state index contributed by atoms with van der Waals surface area (Å²) in [6.45, 7) is 5.59. The molecular weight excluding hydrogens is 438 g/mol. The SMILES string of the molecule is COc1cc2ncnc(N3CCC(C(C)(C)CNS(=O)(=O)OC(N)=O)CC3)c2cc1OC. The average molecular weight is 468 g/mol. The summed E-state index contributed by atoms with van der Waals surface area (Å²) in [6, 6.07) is 3.71. The number of fused-ring (bicyclic) bond motifs is 1. The number of ether oxygens (including phenoxy) is 2. The van der Waals surface area contributed by atoms with E-state index in [9.17, 15) is 13.2 Å². The van der Waals surface area contributed by atoms with Crippen LogP contribution >= 0.6 is 0 Å². The summed E-state index contributed by atoms with van der Waals surface area (Å²) in [4.78, 5) is 21.8. The highest BCUT2D eigenvalue weighted by molar-refractivity contribution is 7.85. The van der Waals surface area contributed by atoms with Crippen molar-refractivity contribution in [1.29, 1.82) is 0 Å². The molecule has 32 heavy (non-hydrogen) atoms. The molecule has 0 radical (unpaired) electrons. The zero-order valence-corrected chi connectivity index (χ0v) is 19.4. The summed E-state index contributed by atoms with van der Waals surface area (Å²) >= 11 is 0. The van der Waals surface area contributed by atoms with Gasteiger partial charge in [0.15, 0.2) is 11.5 Å². The number of amides is 1. The van der Waals surface area contributed by atoms with Gasteiger partial charge < -0.3 is 24.3 Å². The molecule has 0 saturated carbocycles.